The molecule has 0 aromatic heterocycles. The Bertz CT molecular complexity index is 715. The number of imide groups is 1. The van der Waals surface area contributed by atoms with Crippen LogP contribution >= 0.6 is 0 Å². The second kappa shape index (κ2) is 7.96. The number of hydrogen-bond acceptors (Lipinski definition) is 5. The minimum absolute atomic E-state index is 0.0110. The van der Waals surface area contributed by atoms with Crippen LogP contribution in [0.2, 0.25) is 36.3 Å². The Morgan fingerprint density at radius 3 is 1.65 bits per heavy atom. The molecule has 2 aliphatic rings. The number of amides is 2. The quantitative estimate of drug-likeness (QED) is 0.475. The number of carbonyl (C=O) groups excluding carboxylic acids is 2. The molecule has 31 heavy (non-hydrogen) atoms. The highest BCUT2D eigenvalue weighted by Crippen LogP contribution is 2.49. The minimum Gasteiger partial charge on any atom is -0.443 e. The normalized spacial score (nSPS) is 27.8. The first-order valence-electron chi connectivity index (χ1n) is 11.5. The molecule has 1 heterocycles. The van der Waals surface area contributed by atoms with Crippen molar-refractivity contribution in [2.75, 3.05) is 0 Å². The first-order chi connectivity index (χ1) is 13.6. The summed E-state index contributed by atoms with van der Waals surface area (Å²) in [5.74, 6) is -0.542. The zero-order valence-electron chi connectivity index (χ0n) is 22.0. The van der Waals surface area contributed by atoms with Crippen molar-refractivity contribution in [1.29, 1.82) is 0 Å². The Morgan fingerprint density at radius 1 is 0.839 bits per heavy atom. The zero-order chi connectivity index (χ0) is 24.4. The molecular weight excluding hydrogens is 426 g/mol. The van der Waals surface area contributed by atoms with Gasteiger partial charge < -0.3 is 13.6 Å². The number of ether oxygens (including phenoxy) is 1. The van der Waals surface area contributed by atoms with Gasteiger partial charge in [-0.15, -0.1) is 0 Å². The van der Waals surface area contributed by atoms with Gasteiger partial charge in [0.25, 0.3) is 0 Å². The molecule has 180 valence electrons. The summed E-state index contributed by atoms with van der Waals surface area (Å²) < 4.78 is 19.2. The average molecular weight is 472 g/mol. The topological polar surface area (TPSA) is 65.1 Å². The van der Waals surface area contributed by atoms with Gasteiger partial charge in [0.05, 0.1) is 24.2 Å². The molecule has 1 aliphatic heterocycles. The third kappa shape index (κ3) is 5.28. The molecule has 1 saturated carbocycles. The molecule has 0 aromatic carbocycles. The fourth-order valence-electron chi connectivity index (χ4n) is 3.68. The Labute approximate surface area is 191 Å². The van der Waals surface area contributed by atoms with Crippen molar-refractivity contribution in [3.8, 4) is 0 Å². The average Bonchev–Trinajstić information content (AvgIpc) is 2.98. The molecule has 2 fully saturated rings. The van der Waals surface area contributed by atoms with E-state index in [0.717, 1.165) is 0 Å². The fraction of sp³-hybridized carbons (Fsp3) is 0.913. The highest BCUT2D eigenvalue weighted by molar-refractivity contribution is 6.74. The number of piperidine rings is 1. The maximum Gasteiger partial charge on any atom is 0.417 e. The van der Waals surface area contributed by atoms with Crippen molar-refractivity contribution >= 4 is 28.6 Å². The van der Waals surface area contributed by atoms with Gasteiger partial charge in [-0.2, -0.15) is 0 Å². The number of likely N-dealkylation sites (tertiary alicyclic amines) is 1. The maximum atomic E-state index is 13.3. The van der Waals surface area contributed by atoms with Crippen LogP contribution in [0, 0.1) is 5.92 Å². The summed E-state index contributed by atoms with van der Waals surface area (Å²) in [7, 11) is -4.30. The van der Waals surface area contributed by atoms with Crippen LogP contribution in [0.3, 0.4) is 0 Å². The van der Waals surface area contributed by atoms with Crippen LogP contribution in [0.1, 0.15) is 68.7 Å². The summed E-state index contributed by atoms with van der Waals surface area (Å²) in [5, 5.41) is 0.0291. The fourth-order valence-corrected chi connectivity index (χ4v) is 6.33. The monoisotopic (exact) mass is 471 g/mol. The van der Waals surface area contributed by atoms with Gasteiger partial charge in [0, 0.05) is 0 Å². The Hall–Kier alpha value is -0.706. The second-order valence-electron chi connectivity index (χ2n) is 13.3. The minimum atomic E-state index is -2.16. The molecule has 1 aliphatic carbocycles. The van der Waals surface area contributed by atoms with E-state index in [1.54, 1.807) is 0 Å². The zero-order valence-corrected chi connectivity index (χ0v) is 24.0. The van der Waals surface area contributed by atoms with Gasteiger partial charge in [0.15, 0.2) is 16.6 Å². The Morgan fingerprint density at radius 2 is 1.26 bits per heavy atom. The second-order valence-corrected chi connectivity index (χ2v) is 22.8. The summed E-state index contributed by atoms with van der Waals surface area (Å²) >= 11 is 0. The number of nitrogens with zero attached hydrogens (tertiary/aromatic N) is 1. The maximum absolute atomic E-state index is 13.3. The molecule has 2 amide bonds. The van der Waals surface area contributed by atoms with Crippen molar-refractivity contribution < 1.29 is 23.2 Å². The van der Waals surface area contributed by atoms with E-state index in [2.05, 4.69) is 67.7 Å². The molecule has 0 unspecified atom stereocenters. The van der Waals surface area contributed by atoms with E-state index in [9.17, 15) is 9.59 Å². The molecule has 6 nitrogen and oxygen atoms in total. The third-order valence-electron chi connectivity index (χ3n) is 7.55. The van der Waals surface area contributed by atoms with E-state index in [-0.39, 0.29) is 40.2 Å². The van der Waals surface area contributed by atoms with Gasteiger partial charge in [0.2, 0.25) is 5.91 Å². The van der Waals surface area contributed by atoms with Crippen LogP contribution in [0.25, 0.3) is 0 Å². The molecule has 0 N–H and O–H groups in total. The van der Waals surface area contributed by atoms with Crippen LogP contribution in [-0.2, 0) is 18.4 Å². The Kier molecular flexibility index (Phi) is 6.81. The molecule has 0 radical (unpaired) electrons. The van der Waals surface area contributed by atoms with E-state index in [4.69, 9.17) is 13.6 Å². The first-order valence-corrected chi connectivity index (χ1v) is 17.3. The summed E-state index contributed by atoms with van der Waals surface area (Å²) in [6, 6.07) is -0.337. The predicted molar refractivity (Wildman–Crippen MR) is 129 cm³/mol. The van der Waals surface area contributed by atoms with E-state index in [1.165, 1.54) is 4.90 Å². The van der Waals surface area contributed by atoms with Gasteiger partial charge in [0.1, 0.15) is 5.60 Å². The molecule has 2 rings (SSSR count). The lowest BCUT2D eigenvalue weighted by Crippen LogP contribution is -2.61. The molecule has 1 saturated heterocycles. The number of fused-ring (bicyclic) bond motifs is 2. The van der Waals surface area contributed by atoms with Crippen LogP contribution in [0.15, 0.2) is 0 Å². The van der Waals surface area contributed by atoms with Crippen LogP contribution in [-0.4, -0.2) is 57.4 Å². The molecule has 0 spiro atoms. The highest BCUT2D eigenvalue weighted by Gasteiger charge is 2.63. The highest BCUT2D eigenvalue weighted by atomic mass is 28.4. The van der Waals surface area contributed by atoms with Crippen molar-refractivity contribution in [3.63, 3.8) is 0 Å². The lowest BCUT2D eigenvalue weighted by Gasteiger charge is -2.47. The van der Waals surface area contributed by atoms with Crippen molar-refractivity contribution in [1.82, 2.24) is 4.90 Å². The lowest BCUT2D eigenvalue weighted by molar-refractivity contribution is -0.142. The van der Waals surface area contributed by atoms with Crippen molar-refractivity contribution in [2.45, 2.75) is 129 Å². The molecule has 4 atom stereocenters. The molecular formula is C23H45NO5Si2. The van der Waals surface area contributed by atoms with Crippen molar-refractivity contribution in [3.05, 3.63) is 0 Å². The van der Waals surface area contributed by atoms with E-state index < -0.39 is 28.3 Å². The SMILES string of the molecule is CC(C)(C)OC(=O)N1C(=O)[C@@H]2C[C@H]1[C@H](O[Si](C)(C)C(C)(C)C)[C@H]2O[Si](C)(C)C(C)(C)C. The summed E-state index contributed by atoms with van der Waals surface area (Å²) in [6.45, 7) is 27.5. The molecule has 8 heteroatoms. The van der Waals surface area contributed by atoms with Gasteiger partial charge in [-0.25, -0.2) is 9.69 Å². The summed E-state index contributed by atoms with van der Waals surface area (Å²) in [6.07, 6.45) is -0.618. The van der Waals surface area contributed by atoms with Gasteiger partial charge in [-0.3, -0.25) is 4.79 Å². The van der Waals surface area contributed by atoms with Crippen LogP contribution in [0.5, 0.6) is 0 Å². The summed E-state index contributed by atoms with van der Waals surface area (Å²) in [4.78, 5) is 27.5. The standard InChI is InChI=1S/C23H45NO5Si2/c1-21(2,3)27-20(26)24-16-14-15(19(24)25)17(28-30(10,11)22(4,5)6)18(16)29-31(12,13)23(7,8)9/h15-18H,14H2,1-13H3/t15-,16+,17+,18+/m1/s1. The van der Waals surface area contributed by atoms with E-state index in [1.807, 2.05) is 20.8 Å². The molecule has 0 aromatic rings. The van der Waals surface area contributed by atoms with E-state index >= 15 is 0 Å². The van der Waals surface area contributed by atoms with E-state index in [0.29, 0.717) is 6.42 Å². The lowest BCUT2D eigenvalue weighted by atomic mass is 10.0. The predicted octanol–water partition coefficient (Wildman–Crippen LogP) is 5.93. The molecule has 2 bridgehead atoms. The number of carbonyl (C=O) groups is 2. The number of hydrogen-bond donors (Lipinski definition) is 0. The van der Waals surface area contributed by atoms with Crippen LogP contribution in [0.4, 0.5) is 4.79 Å². The summed E-state index contributed by atoms with van der Waals surface area (Å²) in [5.41, 5.74) is -0.661. The van der Waals surface area contributed by atoms with Gasteiger partial charge in [-0.1, -0.05) is 41.5 Å². The van der Waals surface area contributed by atoms with Crippen molar-refractivity contribution in [2.24, 2.45) is 5.92 Å². The third-order valence-corrected chi connectivity index (χ3v) is 16.5. The van der Waals surface area contributed by atoms with Crippen LogP contribution < -0.4 is 0 Å². The Balaban J connectivity index is 2.41. The van der Waals surface area contributed by atoms with Gasteiger partial charge >= 0.3 is 6.09 Å². The first kappa shape index (κ1) is 26.5. The van der Waals surface area contributed by atoms with Gasteiger partial charge in [-0.05, 0) is 63.5 Å². The number of rotatable bonds is 4. The largest absolute Gasteiger partial charge is 0.443 e. The smallest absolute Gasteiger partial charge is 0.417 e.